The first kappa shape index (κ1) is 14.0. The van der Waals surface area contributed by atoms with E-state index in [9.17, 15) is 0 Å². The van der Waals surface area contributed by atoms with Gasteiger partial charge < -0.3 is 0 Å². The second kappa shape index (κ2) is 6.21. The quantitative estimate of drug-likeness (QED) is 0.595. The van der Waals surface area contributed by atoms with E-state index in [4.69, 9.17) is 4.99 Å². The number of nitrogens with zero attached hydrogens (tertiary/aromatic N) is 1. The van der Waals surface area contributed by atoms with Crippen molar-refractivity contribution < 1.29 is 0 Å². The van der Waals surface area contributed by atoms with Gasteiger partial charge in [-0.3, -0.25) is 4.99 Å². The molecule has 4 rings (SSSR count). The Kier molecular flexibility index (Phi) is 3.77. The number of benzene rings is 3. The highest BCUT2D eigenvalue weighted by Crippen LogP contribution is 2.43. The molecule has 0 aromatic heterocycles. The Morgan fingerprint density at radius 1 is 0.652 bits per heavy atom. The molecule has 112 valence electrons. The molecule has 2 unspecified atom stereocenters. The first-order valence-electron chi connectivity index (χ1n) is 8.15. The molecule has 0 amide bonds. The summed E-state index contributed by atoms with van der Waals surface area (Å²) in [6.45, 7) is 0. The molecule has 1 saturated carbocycles. The third-order valence-corrected chi connectivity index (χ3v) is 4.37. The lowest BCUT2D eigenvalue weighted by Crippen LogP contribution is -2.05. The molecule has 23 heavy (non-hydrogen) atoms. The molecule has 0 bridgehead atoms. The SMILES string of the molecule is c1ccc(C(=NC2CC2c2ccccc2)c2ccccc2)cc1. The van der Waals surface area contributed by atoms with E-state index in [1.54, 1.807) is 0 Å². The molecule has 1 aliphatic rings. The summed E-state index contributed by atoms with van der Waals surface area (Å²) in [4.78, 5) is 5.10. The molecule has 1 aliphatic carbocycles. The lowest BCUT2D eigenvalue weighted by molar-refractivity contribution is 0.990. The van der Waals surface area contributed by atoms with E-state index < -0.39 is 0 Å². The molecule has 1 fully saturated rings. The Morgan fingerprint density at radius 3 is 1.65 bits per heavy atom. The lowest BCUT2D eigenvalue weighted by atomic mass is 10.0. The standard InChI is InChI=1S/C22H19N/c1-4-10-17(11-5-1)20-16-21(20)23-22(18-12-6-2-7-13-18)19-14-8-3-9-15-19/h1-15,20-21H,16H2. The Balaban J connectivity index is 1.67. The summed E-state index contributed by atoms with van der Waals surface area (Å²) < 4.78 is 0. The fourth-order valence-electron chi connectivity index (χ4n) is 3.06. The molecular formula is C22H19N. The van der Waals surface area contributed by atoms with Crippen molar-refractivity contribution >= 4 is 5.71 Å². The molecule has 1 nitrogen and oxygen atoms in total. The van der Waals surface area contributed by atoms with Gasteiger partial charge in [-0.25, -0.2) is 0 Å². The van der Waals surface area contributed by atoms with Gasteiger partial charge in [0.15, 0.2) is 0 Å². The normalized spacial score (nSPS) is 19.1. The molecule has 0 N–H and O–H groups in total. The maximum atomic E-state index is 5.10. The first-order valence-corrected chi connectivity index (χ1v) is 8.15. The first-order chi connectivity index (χ1) is 11.4. The second-order valence-electron chi connectivity index (χ2n) is 6.03. The predicted octanol–water partition coefficient (Wildman–Crippen LogP) is 5.08. The number of hydrogen-bond donors (Lipinski definition) is 0. The highest BCUT2D eigenvalue weighted by molar-refractivity contribution is 6.13. The number of rotatable bonds is 4. The van der Waals surface area contributed by atoms with Crippen LogP contribution in [0, 0.1) is 0 Å². The number of hydrogen-bond acceptors (Lipinski definition) is 1. The highest BCUT2D eigenvalue weighted by atomic mass is 14.9. The van der Waals surface area contributed by atoms with Gasteiger partial charge in [-0.15, -0.1) is 0 Å². The summed E-state index contributed by atoms with van der Waals surface area (Å²) in [6.07, 6.45) is 1.15. The Hall–Kier alpha value is -2.67. The Morgan fingerprint density at radius 2 is 1.13 bits per heavy atom. The van der Waals surface area contributed by atoms with Crippen LogP contribution in [-0.4, -0.2) is 11.8 Å². The van der Waals surface area contributed by atoms with Crippen LogP contribution in [0.4, 0.5) is 0 Å². The van der Waals surface area contributed by atoms with Gasteiger partial charge >= 0.3 is 0 Å². The zero-order valence-electron chi connectivity index (χ0n) is 13.0. The van der Waals surface area contributed by atoms with Gasteiger partial charge in [-0.05, 0) is 12.0 Å². The van der Waals surface area contributed by atoms with Crippen molar-refractivity contribution in [2.75, 3.05) is 0 Å². The van der Waals surface area contributed by atoms with Crippen LogP contribution in [0.2, 0.25) is 0 Å². The average Bonchev–Trinajstić information content (AvgIpc) is 3.41. The minimum absolute atomic E-state index is 0.396. The van der Waals surface area contributed by atoms with Gasteiger partial charge in [0.1, 0.15) is 0 Å². The van der Waals surface area contributed by atoms with Crippen molar-refractivity contribution in [1.82, 2.24) is 0 Å². The minimum Gasteiger partial charge on any atom is -0.280 e. The van der Waals surface area contributed by atoms with Crippen molar-refractivity contribution in [3.8, 4) is 0 Å². The van der Waals surface area contributed by atoms with Gasteiger partial charge in [0.2, 0.25) is 0 Å². The molecule has 0 heterocycles. The largest absolute Gasteiger partial charge is 0.280 e. The van der Waals surface area contributed by atoms with E-state index in [2.05, 4.69) is 91.0 Å². The zero-order chi connectivity index (χ0) is 15.5. The van der Waals surface area contributed by atoms with Gasteiger partial charge in [-0.1, -0.05) is 91.0 Å². The van der Waals surface area contributed by atoms with Crippen molar-refractivity contribution in [2.45, 2.75) is 18.4 Å². The van der Waals surface area contributed by atoms with Crippen LogP contribution in [0.15, 0.2) is 96.0 Å². The summed E-state index contributed by atoms with van der Waals surface area (Å²) in [5, 5.41) is 0. The van der Waals surface area contributed by atoms with E-state index in [0.29, 0.717) is 12.0 Å². The zero-order valence-corrected chi connectivity index (χ0v) is 13.0. The van der Waals surface area contributed by atoms with E-state index in [1.165, 1.54) is 16.7 Å². The molecule has 0 radical (unpaired) electrons. The minimum atomic E-state index is 0.396. The number of aliphatic imine (C=N–C) groups is 1. The van der Waals surface area contributed by atoms with Crippen molar-refractivity contribution in [3.63, 3.8) is 0 Å². The average molecular weight is 297 g/mol. The lowest BCUT2D eigenvalue weighted by Gasteiger charge is -2.08. The molecule has 0 aliphatic heterocycles. The van der Waals surface area contributed by atoms with E-state index in [0.717, 1.165) is 12.1 Å². The molecule has 0 saturated heterocycles. The highest BCUT2D eigenvalue weighted by Gasteiger charge is 2.38. The fourth-order valence-corrected chi connectivity index (χ4v) is 3.06. The second-order valence-corrected chi connectivity index (χ2v) is 6.03. The monoisotopic (exact) mass is 297 g/mol. The summed E-state index contributed by atoms with van der Waals surface area (Å²) in [5.41, 5.74) is 4.89. The third-order valence-electron chi connectivity index (χ3n) is 4.37. The van der Waals surface area contributed by atoms with Crippen LogP contribution < -0.4 is 0 Å². The van der Waals surface area contributed by atoms with Crippen LogP contribution >= 0.6 is 0 Å². The van der Waals surface area contributed by atoms with E-state index in [1.807, 2.05) is 0 Å². The van der Waals surface area contributed by atoms with Gasteiger partial charge in [-0.2, -0.15) is 0 Å². The van der Waals surface area contributed by atoms with Crippen molar-refractivity contribution in [1.29, 1.82) is 0 Å². The summed E-state index contributed by atoms with van der Waals surface area (Å²) >= 11 is 0. The Labute approximate surface area is 137 Å². The van der Waals surface area contributed by atoms with Crippen LogP contribution in [0.1, 0.15) is 29.0 Å². The fraction of sp³-hybridized carbons (Fsp3) is 0.136. The molecule has 0 spiro atoms. The molecule has 2 atom stereocenters. The van der Waals surface area contributed by atoms with Crippen molar-refractivity contribution in [2.24, 2.45) is 4.99 Å². The van der Waals surface area contributed by atoms with Crippen LogP contribution in [0.5, 0.6) is 0 Å². The van der Waals surface area contributed by atoms with E-state index >= 15 is 0 Å². The maximum Gasteiger partial charge on any atom is 0.0722 e. The molecular weight excluding hydrogens is 278 g/mol. The topological polar surface area (TPSA) is 12.4 Å². The van der Waals surface area contributed by atoms with Gasteiger partial charge in [0, 0.05) is 17.0 Å². The van der Waals surface area contributed by atoms with Crippen LogP contribution in [0.3, 0.4) is 0 Å². The molecule has 1 heteroatoms. The van der Waals surface area contributed by atoms with Crippen LogP contribution in [-0.2, 0) is 0 Å². The van der Waals surface area contributed by atoms with Gasteiger partial charge in [0.25, 0.3) is 0 Å². The van der Waals surface area contributed by atoms with E-state index in [-0.39, 0.29) is 0 Å². The third kappa shape index (κ3) is 3.09. The molecule has 3 aromatic carbocycles. The molecule has 3 aromatic rings. The summed E-state index contributed by atoms with van der Waals surface area (Å²) in [7, 11) is 0. The summed E-state index contributed by atoms with van der Waals surface area (Å²) in [6, 6.07) is 32.1. The smallest absolute Gasteiger partial charge is 0.0722 e. The van der Waals surface area contributed by atoms with Crippen LogP contribution in [0.25, 0.3) is 0 Å². The Bertz CT molecular complexity index is 750. The van der Waals surface area contributed by atoms with Crippen molar-refractivity contribution in [3.05, 3.63) is 108 Å². The van der Waals surface area contributed by atoms with Gasteiger partial charge in [0.05, 0.1) is 11.8 Å². The maximum absolute atomic E-state index is 5.10. The predicted molar refractivity (Wildman–Crippen MR) is 96.1 cm³/mol. The summed E-state index contributed by atoms with van der Waals surface area (Å²) in [5.74, 6) is 0.568.